The first-order valence-corrected chi connectivity index (χ1v) is 5.42. The Morgan fingerprint density at radius 2 is 2.43 bits per heavy atom. The molecule has 0 radical (unpaired) electrons. The molecule has 0 aliphatic carbocycles. The SMILES string of the molecule is NS(=O)(=O)c1cnn2c1OCC(O)C2. The summed E-state index contributed by atoms with van der Waals surface area (Å²) in [7, 11) is -3.81. The number of rotatable bonds is 1. The predicted molar refractivity (Wildman–Crippen MR) is 45.1 cm³/mol. The molecule has 3 N–H and O–H groups in total. The van der Waals surface area contributed by atoms with E-state index in [0.717, 1.165) is 6.20 Å². The molecule has 2 rings (SSSR count). The average molecular weight is 219 g/mol. The summed E-state index contributed by atoms with van der Waals surface area (Å²) < 4.78 is 28.4. The van der Waals surface area contributed by atoms with Gasteiger partial charge in [-0.3, -0.25) is 0 Å². The number of nitrogens with two attached hydrogens (primary N) is 1. The van der Waals surface area contributed by atoms with Crippen molar-refractivity contribution < 1.29 is 18.3 Å². The lowest BCUT2D eigenvalue weighted by atomic mass is 10.3. The van der Waals surface area contributed by atoms with Gasteiger partial charge in [-0.15, -0.1) is 0 Å². The van der Waals surface area contributed by atoms with Crippen LogP contribution < -0.4 is 9.88 Å². The van der Waals surface area contributed by atoms with Gasteiger partial charge in [0, 0.05) is 0 Å². The minimum atomic E-state index is -3.81. The van der Waals surface area contributed by atoms with Crippen LogP contribution in [0.5, 0.6) is 5.88 Å². The highest BCUT2D eigenvalue weighted by Gasteiger charge is 2.26. The fourth-order valence-corrected chi connectivity index (χ4v) is 1.86. The second-order valence-electron chi connectivity index (χ2n) is 3.01. The lowest BCUT2D eigenvalue weighted by molar-refractivity contribution is 0.0537. The molecule has 1 aliphatic rings. The number of primary sulfonamides is 1. The molecule has 0 amide bonds. The largest absolute Gasteiger partial charge is 0.474 e. The number of sulfonamides is 1. The first-order valence-electron chi connectivity index (χ1n) is 3.88. The average Bonchev–Trinajstić information content (AvgIpc) is 2.45. The van der Waals surface area contributed by atoms with E-state index in [9.17, 15) is 13.5 Å². The summed E-state index contributed by atoms with van der Waals surface area (Å²) in [5.41, 5.74) is 0. The third kappa shape index (κ3) is 1.47. The van der Waals surface area contributed by atoms with E-state index in [-0.39, 0.29) is 23.9 Å². The molecule has 0 saturated heterocycles. The van der Waals surface area contributed by atoms with Crippen molar-refractivity contribution in [2.24, 2.45) is 5.14 Å². The highest BCUT2D eigenvalue weighted by atomic mass is 32.2. The van der Waals surface area contributed by atoms with Crippen molar-refractivity contribution in [3.63, 3.8) is 0 Å². The molecule has 7 nitrogen and oxygen atoms in total. The molecule has 1 aliphatic heterocycles. The highest BCUT2D eigenvalue weighted by molar-refractivity contribution is 7.89. The molecule has 0 saturated carbocycles. The van der Waals surface area contributed by atoms with Gasteiger partial charge in [0.15, 0.2) is 4.90 Å². The van der Waals surface area contributed by atoms with Crippen LogP contribution in [0.1, 0.15) is 0 Å². The van der Waals surface area contributed by atoms with Crippen LogP contribution in [0.4, 0.5) is 0 Å². The topological polar surface area (TPSA) is 107 Å². The van der Waals surface area contributed by atoms with Crippen molar-refractivity contribution in [3.05, 3.63) is 6.20 Å². The van der Waals surface area contributed by atoms with Gasteiger partial charge in [-0.05, 0) is 0 Å². The number of aliphatic hydroxyl groups excluding tert-OH is 1. The number of hydrogen-bond donors (Lipinski definition) is 2. The normalized spacial score (nSPS) is 21.4. The van der Waals surface area contributed by atoms with Gasteiger partial charge in [0.25, 0.3) is 0 Å². The maximum atomic E-state index is 11.0. The quantitative estimate of drug-likeness (QED) is 0.584. The zero-order chi connectivity index (χ0) is 10.3. The molecule has 0 spiro atoms. The third-order valence-corrected chi connectivity index (χ3v) is 2.76. The fraction of sp³-hybridized carbons (Fsp3) is 0.500. The van der Waals surface area contributed by atoms with Crippen LogP contribution in [0, 0.1) is 0 Å². The van der Waals surface area contributed by atoms with Crippen LogP contribution in [-0.2, 0) is 16.6 Å². The second kappa shape index (κ2) is 2.94. The van der Waals surface area contributed by atoms with Crippen molar-refractivity contribution >= 4 is 10.0 Å². The second-order valence-corrected chi connectivity index (χ2v) is 4.54. The highest BCUT2D eigenvalue weighted by Crippen LogP contribution is 2.25. The maximum absolute atomic E-state index is 11.0. The number of ether oxygens (including phenoxy) is 1. The van der Waals surface area contributed by atoms with Crippen molar-refractivity contribution in [2.75, 3.05) is 6.61 Å². The number of fused-ring (bicyclic) bond motifs is 1. The van der Waals surface area contributed by atoms with Gasteiger partial charge < -0.3 is 9.84 Å². The van der Waals surface area contributed by atoms with Gasteiger partial charge >= 0.3 is 0 Å². The molecule has 1 atom stereocenters. The zero-order valence-corrected chi connectivity index (χ0v) is 7.94. The van der Waals surface area contributed by atoms with Gasteiger partial charge in [0.2, 0.25) is 15.9 Å². The summed E-state index contributed by atoms with van der Waals surface area (Å²) in [5.74, 6) is 0.0952. The maximum Gasteiger partial charge on any atom is 0.245 e. The minimum absolute atomic E-state index is 0.0498. The standard InChI is InChI=1S/C6H9N3O4S/c7-14(11,12)5-1-8-9-2-4(10)3-13-6(5)9/h1,4,10H,2-3H2,(H2,7,11,12). The van der Waals surface area contributed by atoms with Crippen LogP contribution >= 0.6 is 0 Å². The Labute approximate surface area is 80.1 Å². The molecule has 8 heteroatoms. The fourth-order valence-electron chi connectivity index (χ4n) is 1.26. The van der Waals surface area contributed by atoms with Gasteiger partial charge in [0.1, 0.15) is 12.7 Å². The summed E-state index contributed by atoms with van der Waals surface area (Å²) >= 11 is 0. The van der Waals surface area contributed by atoms with Crippen LogP contribution in [-0.4, -0.2) is 36.0 Å². The van der Waals surface area contributed by atoms with Crippen LogP contribution in [0.15, 0.2) is 11.1 Å². The van der Waals surface area contributed by atoms with Crippen LogP contribution in [0.3, 0.4) is 0 Å². The van der Waals surface area contributed by atoms with Crippen molar-refractivity contribution in [1.29, 1.82) is 0 Å². The van der Waals surface area contributed by atoms with E-state index in [4.69, 9.17) is 9.88 Å². The van der Waals surface area contributed by atoms with E-state index in [1.165, 1.54) is 4.68 Å². The van der Waals surface area contributed by atoms with Gasteiger partial charge in [-0.2, -0.15) is 5.10 Å². The molecule has 0 fully saturated rings. The van der Waals surface area contributed by atoms with E-state index >= 15 is 0 Å². The van der Waals surface area contributed by atoms with E-state index in [1.807, 2.05) is 0 Å². The molecular formula is C6H9N3O4S. The number of hydrogen-bond acceptors (Lipinski definition) is 5. The van der Waals surface area contributed by atoms with Crippen molar-refractivity contribution in [3.8, 4) is 5.88 Å². The molecule has 1 aromatic heterocycles. The predicted octanol–water partition coefficient (Wildman–Crippen LogP) is -1.72. The summed E-state index contributed by atoms with van der Waals surface area (Å²) in [6, 6.07) is 0. The minimum Gasteiger partial charge on any atom is -0.474 e. The Balaban J connectivity index is 2.49. The monoisotopic (exact) mass is 219 g/mol. The van der Waals surface area contributed by atoms with E-state index < -0.39 is 16.1 Å². The molecule has 78 valence electrons. The van der Waals surface area contributed by atoms with E-state index in [0.29, 0.717) is 0 Å². The summed E-state index contributed by atoms with van der Waals surface area (Å²) in [6.07, 6.45) is 0.443. The van der Waals surface area contributed by atoms with E-state index in [2.05, 4.69) is 5.10 Å². The Kier molecular flexibility index (Phi) is 1.98. The Morgan fingerprint density at radius 3 is 3.07 bits per heavy atom. The molecular weight excluding hydrogens is 210 g/mol. The molecule has 1 aromatic rings. The Hall–Kier alpha value is -1.12. The molecule has 1 unspecified atom stereocenters. The van der Waals surface area contributed by atoms with Gasteiger partial charge in [-0.25, -0.2) is 18.2 Å². The number of aliphatic hydroxyl groups is 1. The summed E-state index contributed by atoms with van der Waals surface area (Å²) in [5, 5.41) is 17.9. The smallest absolute Gasteiger partial charge is 0.245 e. The van der Waals surface area contributed by atoms with Crippen LogP contribution in [0.25, 0.3) is 0 Å². The van der Waals surface area contributed by atoms with Crippen molar-refractivity contribution in [2.45, 2.75) is 17.5 Å². The first kappa shape index (κ1) is 9.44. The lowest BCUT2D eigenvalue weighted by Crippen LogP contribution is -2.30. The number of aromatic nitrogens is 2. The van der Waals surface area contributed by atoms with Crippen molar-refractivity contribution in [1.82, 2.24) is 9.78 Å². The molecule has 14 heavy (non-hydrogen) atoms. The van der Waals surface area contributed by atoms with Gasteiger partial charge in [0.05, 0.1) is 12.7 Å². The Bertz CT molecular complexity index is 452. The molecule has 0 aromatic carbocycles. The Morgan fingerprint density at radius 1 is 1.71 bits per heavy atom. The first-order chi connectivity index (χ1) is 6.48. The molecule has 0 bridgehead atoms. The van der Waals surface area contributed by atoms with Crippen LogP contribution in [0.2, 0.25) is 0 Å². The summed E-state index contributed by atoms with van der Waals surface area (Å²) in [6.45, 7) is 0.263. The zero-order valence-electron chi connectivity index (χ0n) is 7.12. The lowest BCUT2D eigenvalue weighted by Gasteiger charge is -2.20. The third-order valence-electron chi connectivity index (χ3n) is 1.86. The summed E-state index contributed by atoms with van der Waals surface area (Å²) in [4.78, 5) is -0.149. The number of nitrogens with zero attached hydrogens (tertiary/aromatic N) is 2. The van der Waals surface area contributed by atoms with Gasteiger partial charge in [-0.1, -0.05) is 0 Å². The van der Waals surface area contributed by atoms with E-state index in [1.54, 1.807) is 0 Å². The molecule has 2 heterocycles.